The summed E-state index contributed by atoms with van der Waals surface area (Å²) < 4.78 is 0.528. The fraction of sp³-hybridized carbons (Fsp3) is 0.125. The average molecular weight is 260 g/mol. The van der Waals surface area contributed by atoms with Crippen molar-refractivity contribution in [3.63, 3.8) is 0 Å². The Morgan fingerprint density at radius 1 is 1.53 bits per heavy atom. The molecule has 0 saturated carbocycles. The monoisotopic (exact) mass is 259 g/mol. The topological polar surface area (TPSA) is 58.6 Å². The smallest absolute Gasteiger partial charge is 0.251 e. The molecule has 0 aliphatic heterocycles. The summed E-state index contributed by atoms with van der Waals surface area (Å²) >= 11 is 8.56. The number of nitrogens with one attached hydrogen (secondary N) is 1. The molecule has 2 rings (SSSR count). The molecule has 7 heteroatoms. The van der Waals surface area contributed by atoms with Crippen molar-refractivity contribution in [2.75, 3.05) is 0 Å². The number of rotatable bonds is 3. The third-order valence-electron chi connectivity index (χ3n) is 1.52. The van der Waals surface area contributed by atoms with Gasteiger partial charge in [-0.25, -0.2) is 9.97 Å². The predicted molar refractivity (Wildman–Crippen MR) is 61.5 cm³/mol. The van der Waals surface area contributed by atoms with Crippen molar-refractivity contribution in [3.8, 4) is 0 Å². The summed E-state index contributed by atoms with van der Waals surface area (Å²) in [6.45, 7) is 0. The molecule has 1 N–H and O–H groups in total. The molecule has 4 nitrogen and oxygen atoms in total. The maximum absolute atomic E-state index is 11.0. The quantitative estimate of drug-likeness (QED) is 0.678. The number of nitrogens with zero attached hydrogens (tertiary/aromatic N) is 2. The molecular formula is C8H6ClN3OS2. The van der Waals surface area contributed by atoms with Crippen molar-refractivity contribution in [1.29, 1.82) is 0 Å². The van der Waals surface area contributed by atoms with E-state index < -0.39 is 0 Å². The van der Waals surface area contributed by atoms with E-state index in [2.05, 4.69) is 15.0 Å². The maximum Gasteiger partial charge on any atom is 0.251 e. The van der Waals surface area contributed by atoms with Crippen LogP contribution in [0.25, 0.3) is 0 Å². The van der Waals surface area contributed by atoms with Gasteiger partial charge in [-0.15, -0.1) is 11.3 Å². The summed E-state index contributed by atoms with van der Waals surface area (Å²) in [7, 11) is 0. The van der Waals surface area contributed by atoms with Crippen LogP contribution in [0.2, 0.25) is 4.47 Å². The van der Waals surface area contributed by atoms with Gasteiger partial charge in [0.05, 0.1) is 0 Å². The van der Waals surface area contributed by atoms with E-state index in [0.717, 1.165) is 4.88 Å². The highest BCUT2D eigenvalue weighted by atomic mass is 35.5. The Hall–Kier alpha value is -0.850. The van der Waals surface area contributed by atoms with Crippen molar-refractivity contribution in [2.45, 2.75) is 10.9 Å². The molecule has 0 spiro atoms. The second-order valence-electron chi connectivity index (χ2n) is 2.61. The van der Waals surface area contributed by atoms with Crippen molar-refractivity contribution in [2.24, 2.45) is 0 Å². The lowest BCUT2D eigenvalue weighted by molar-refractivity contribution is 0.936. The molecule has 15 heavy (non-hydrogen) atoms. The largest absolute Gasteiger partial charge is 0.301 e. The first kappa shape index (κ1) is 10.7. The summed E-state index contributed by atoms with van der Waals surface area (Å²) in [4.78, 5) is 22.6. The normalized spacial score (nSPS) is 10.5. The first-order valence-electron chi connectivity index (χ1n) is 4.02. The van der Waals surface area contributed by atoms with Gasteiger partial charge in [0.15, 0.2) is 9.62 Å². The van der Waals surface area contributed by atoms with Gasteiger partial charge in [0.2, 0.25) is 0 Å². The molecule has 0 bridgehead atoms. The molecule has 0 aliphatic rings. The zero-order valence-corrected chi connectivity index (χ0v) is 9.83. The lowest BCUT2D eigenvalue weighted by Crippen LogP contribution is -2.05. The molecule has 78 valence electrons. The molecule has 0 aliphatic carbocycles. The van der Waals surface area contributed by atoms with Gasteiger partial charge in [0.25, 0.3) is 5.56 Å². The highest BCUT2D eigenvalue weighted by Gasteiger charge is 2.01. The summed E-state index contributed by atoms with van der Waals surface area (Å²) in [5.74, 6) is 0.706. The van der Waals surface area contributed by atoms with E-state index in [1.165, 1.54) is 35.4 Å². The Balaban J connectivity index is 2.02. The number of thioether (sulfide) groups is 1. The molecule has 0 radical (unpaired) electrons. The fourth-order valence-electron chi connectivity index (χ4n) is 0.915. The van der Waals surface area contributed by atoms with Crippen LogP contribution in [0, 0.1) is 0 Å². The van der Waals surface area contributed by atoms with Crippen molar-refractivity contribution in [3.05, 3.63) is 38.2 Å². The van der Waals surface area contributed by atoms with Crippen LogP contribution in [0.5, 0.6) is 0 Å². The third-order valence-corrected chi connectivity index (χ3v) is 3.76. The van der Waals surface area contributed by atoms with Gasteiger partial charge in [-0.1, -0.05) is 23.4 Å². The molecule has 2 aromatic heterocycles. The Kier molecular flexibility index (Phi) is 3.40. The lowest BCUT2D eigenvalue weighted by Gasteiger charge is -1.96. The number of thiazole rings is 1. The number of halogens is 1. The van der Waals surface area contributed by atoms with E-state index in [1.54, 1.807) is 6.20 Å². The van der Waals surface area contributed by atoms with Crippen LogP contribution in [-0.2, 0) is 5.75 Å². The summed E-state index contributed by atoms with van der Waals surface area (Å²) in [5.41, 5.74) is -0.144. The Bertz CT molecular complexity index is 510. The molecule has 2 heterocycles. The first-order chi connectivity index (χ1) is 7.24. The highest BCUT2D eigenvalue weighted by molar-refractivity contribution is 7.98. The number of hydrogen-bond acceptors (Lipinski definition) is 5. The van der Waals surface area contributed by atoms with Gasteiger partial charge < -0.3 is 4.98 Å². The first-order valence-corrected chi connectivity index (χ1v) is 6.20. The van der Waals surface area contributed by atoms with Gasteiger partial charge in [-0.05, 0) is 0 Å². The average Bonchev–Trinajstić information content (AvgIpc) is 2.62. The number of H-pyrrole nitrogens is 1. The third kappa shape index (κ3) is 3.05. The number of aromatic amines is 1. The molecule has 0 saturated heterocycles. The van der Waals surface area contributed by atoms with Crippen molar-refractivity contribution < 1.29 is 0 Å². The summed E-state index contributed by atoms with van der Waals surface area (Å²) in [6, 6.07) is 1.38. The van der Waals surface area contributed by atoms with Gasteiger partial charge in [0.1, 0.15) is 0 Å². The van der Waals surface area contributed by atoms with Crippen LogP contribution in [0.3, 0.4) is 0 Å². The minimum Gasteiger partial charge on any atom is -0.301 e. The number of aromatic nitrogens is 3. The Labute approximate surface area is 98.7 Å². The van der Waals surface area contributed by atoms with Crippen LogP contribution < -0.4 is 5.56 Å². The minimum absolute atomic E-state index is 0.144. The Morgan fingerprint density at radius 2 is 2.40 bits per heavy atom. The van der Waals surface area contributed by atoms with Crippen LogP contribution in [0.1, 0.15) is 4.88 Å². The molecule has 0 amide bonds. The van der Waals surface area contributed by atoms with Crippen LogP contribution in [0.4, 0.5) is 0 Å². The number of hydrogen-bond donors (Lipinski definition) is 1. The van der Waals surface area contributed by atoms with Crippen molar-refractivity contribution in [1.82, 2.24) is 15.0 Å². The van der Waals surface area contributed by atoms with E-state index in [4.69, 9.17) is 11.6 Å². The summed E-state index contributed by atoms with van der Waals surface area (Å²) in [6.07, 6.45) is 3.21. The van der Waals surface area contributed by atoms with E-state index in [0.29, 0.717) is 15.4 Å². The maximum atomic E-state index is 11.0. The van der Waals surface area contributed by atoms with Gasteiger partial charge in [0, 0.05) is 29.1 Å². The molecule has 0 aromatic carbocycles. The predicted octanol–water partition coefficient (Wildman–Crippen LogP) is 2.17. The highest BCUT2D eigenvalue weighted by Crippen LogP contribution is 2.24. The molecular weight excluding hydrogens is 254 g/mol. The molecule has 0 unspecified atom stereocenters. The molecule has 2 aromatic rings. The second kappa shape index (κ2) is 4.78. The van der Waals surface area contributed by atoms with Crippen LogP contribution >= 0.6 is 34.7 Å². The van der Waals surface area contributed by atoms with Crippen LogP contribution in [0.15, 0.2) is 28.4 Å². The van der Waals surface area contributed by atoms with E-state index >= 15 is 0 Å². The van der Waals surface area contributed by atoms with Gasteiger partial charge in [-0.2, -0.15) is 0 Å². The van der Waals surface area contributed by atoms with Gasteiger partial charge in [-0.3, -0.25) is 4.79 Å². The van der Waals surface area contributed by atoms with Gasteiger partial charge >= 0.3 is 0 Å². The zero-order chi connectivity index (χ0) is 10.7. The second-order valence-corrected chi connectivity index (χ2v) is 5.27. The molecule has 0 fully saturated rings. The van der Waals surface area contributed by atoms with E-state index in [1.807, 2.05) is 0 Å². The summed E-state index contributed by atoms with van der Waals surface area (Å²) in [5, 5.41) is 0.604. The zero-order valence-electron chi connectivity index (χ0n) is 7.44. The SMILES string of the molecule is O=c1ccnc(SCc2cnc(Cl)s2)[nH]1. The van der Waals surface area contributed by atoms with E-state index in [9.17, 15) is 4.79 Å². The van der Waals surface area contributed by atoms with Crippen molar-refractivity contribution >= 4 is 34.7 Å². The fourth-order valence-corrected chi connectivity index (χ4v) is 2.76. The van der Waals surface area contributed by atoms with E-state index in [-0.39, 0.29) is 5.56 Å². The molecule has 0 atom stereocenters. The lowest BCUT2D eigenvalue weighted by atomic mass is 10.6. The minimum atomic E-state index is -0.144. The standard InChI is InChI=1S/C8H6ClN3OS2/c9-7-11-3-5(15-7)4-14-8-10-2-1-6(13)12-8/h1-3H,4H2,(H,10,12,13). The van der Waals surface area contributed by atoms with Crippen LogP contribution in [-0.4, -0.2) is 15.0 Å². The Morgan fingerprint density at radius 3 is 3.07 bits per heavy atom.